The lowest BCUT2D eigenvalue weighted by Gasteiger charge is -2.09. The van der Waals surface area contributed by atoms with Crippen LogP contribution in [0.3, 0.4) is 0 Å². The first-order valence-electron chi connectivity index (χ1n) is 5.21. The van der Waals surface area contributed by atoms with Crippen molar-refractivity contribution in [3.8, 4) is 0 Å². The summed E-state index contributed by atoms with van der Waals surface area (Å²) in [6.45, 7) is 1.83. The molecule has 6 heteroatoms. The van der Waals surface area contributed by atoms with Crippen molar-refractivity contribution in [1.29, 1.82) is 0 Å². The van der Waals surface area contributed by atoms with Gasteiger partial charge in [-0.15, -0.1) is 0 Å². The minimum atomic E-state index is -3.81. The van der Waals surface area contributed by atoms with Gasteiger partial charge in [0, 0.05) is 0 Å². The molecule has 0 saturated carbocycles. The number of carbonyl (C=O) groups is 1. The highest BCUT2D eigenvalue weighted by Gasteiger charge is 2.37. The molecule has 1 atom stereocenters. The fraction of sp³-hybridized carbons (Fsp3) is 0.250. The van der Waals surface area contributed by atoms with E-state index in [1.54, 1.807) is 12.1 Å². The first kappa shape index (κ1) is 12.8. The summed E-state index contributed by atoms with van der Waals surface area (Å²) in [5.41, 5.74) is 1.38. The summed E-state index contributed by atoms with van der Waals surface area (Å²) in [6.07, 6.45) is -0.480. The van der Waals surface area contributed by atoms with Crippen LogP contribution in [-0.2, 0) is 19.4 Å². The molecule has 2 rings (SSSR count). The fourth-order valence-corrected chi connectivity index (χ4v) is 3.44. The van der Waals surface area contributed by atoms with Gasteiger partial charge >= 0.3 is 5.97 Å². The third-order valence-electron chi connectivity index (χ3n) is 2.76. The van der Waals surface area contributed by atoms with Crippen LogP contribution in [-0.4, -0.2) is 32.7 Å². The van der Waals surface area contributed by atoms with E-state index >= 15 is 0 Å². The van der Waals surface area contributed by atoms with Crippen molar-refractivity contribution < 1.29 is 23.1 Å². The van der Waals surface area contributed by atoms with E-state index in [0.29, 0.717) is 5.56 Å². The van der Waals surface area contributed by atoms with Crippen LogP contribution in [0.5, 0.6) is 0 Å². The highest BCUT2D eigenvalue weighted by atomic mass is 32.2. The summed E-state index contributed by atoms with van der Waals surface area (Å²) < 4.78 is 28.6. The molecule has 0 radical (unpaired) electrons. The molecule has 1 heterocycles. The summed E-state index contributed by atoms with van der Waals surface area (Å²) in [4.78, 5) is 11.0. The summed E-state index contributed by atoms with van der Waals surface area (Å²) in [6, 6.07) is 4.81. The first-order valence-corrected chi connectivity index (χ1v) is 6.69. The van der Waals surface area contributed by atoms with Gasteiger partial charge in [0.15, 0.2) is 6.10 Å². The number of hydrogen-bond donors (Lipinski definition) is 1. The van der Waals surface area contributed by atoms with E-state index in [2.05, 4.69) is 4.74 Å². The number of aliphatic hydroxyl groups excluding tert-OH is 1. The standard InChI is InChI=1S/C12H12O5S/c1-7-3-4-9-8(5-7)6-10(18(9,15)16)11(13)12(14)17-2/h3-6,11,13H,1-2H3. The largest absolute Gasteiger partial charge is 0.467 e. The van der Waals surface area contributed by atoms with Gasteiger partial charge in [-0.3, -0.25) is 0 Å². The fourth-order valence-electron chi connectivity index (χ4n) is 1.84. The molecule has 0 fully saturated rings. The number of aryl methyl sites for hydroxylation is 1. The van der Waals surface area contributed by atoms with Crippen LogP contribution in [0, 0.1) is 6.92 Å². The summed E-state index contributed by atoms with van der Waals surface area (Å²) in [7, 11) is -2.72. The lowest BCUT2D eigenvalue weighted by molar-refractivity contribution is -0.147. The number of hydrogen-bond acceptors (Lipinski definition) is 5. The van der Waals surface area contributed by atoms with Gasteiger partial charge in [0.05, 0.1) is 16.9 Å². The predicted octanol–water partition coefficient (Wildman–Crippen LogP) is 0.657. The Bertz CT molecular complexity index is 642. The van der Waals surface area contributed by atoms with E-state index in [1.807, 2.05) is 6.92 Å². The Hall–Kier alpha value is -1.66. The average Bonchev–Trinajstić information content (AvgIpc) is 2.58. The van der Waals surface area contributed by atoms with Gasteiger partial charge in [-0.2, -0.15) is 0 Å². The second-order valence-electron chi connectivity index (χ2n) is 4.02. The zero-order valence-corrected chi connectivity index (χ0v) is 10.7. The van der Waals surface area contributed by atoms with Crippen LogP contribution in [0.4, 0.5) is 0 Å². The van der Waals surface area contributed by atoms with Crippen molar-refractivity contribution in [2.24, 2.45) is 0 Å². The molecule has 1 aromatic carbocycles. The Morgan fingerprint density at radius 2 is 2.06 bits per heavy atom. The average molecular weight is 268 g/mol. The highest BCUT2D eigenvalue weighted by molar-refractivity contribution is 7.96. The zero-order valence-electron chi connectivity index (χ0n) is 9.88. The van der Waals surface area contributed by atoms with Gasteiger partial charge in [0.2, 0.25) is 9.84 Å². The van der Waals surface area contributed by atoms with Crippen LogP contribution in [0.25, 0.3) is 6.08 Å². The molecule has 1 aromatic rings. The van der Waals surface area contributed by atoms with Crippen molar-refractivity contribution >= 4 is 21.9 Å². The minimum absolute atomic E-state index is 0.103. The van der Waals surface area contributed by atoms with Crippen molar-refractivity contribution in [3.63, 3.8) is 0 Å². The molecular formula is C12H12O5S. The molecule has 0 spiro atoms. The Balaban J connectivity index is 2.54. The number of carbonyl (C=O) groups excluding carboxylic acids is 1. The second-order valence-corrected chi connectivity index (χ2v) is 5.94. The number of esters is 1. The lowest BCUT2D eigenvalue weighted by Crippen LogP contribution is -2.26. The highest BCUT2D eigenvalue weighted by Crippen LogP contribution is 2.35. The molecule has 1 unspecified atom stereocenters. The van der Waals surface area contributed by atoms with Crippen LogP contribution in [0.1, 0.15) is 11.1 Å². The van der Waals surface area contributed by atoms with Gasteiger partial charge in [-0.1, -0.05) is 17.7 Å². The normalized spacial score (nSPS) is 17.8. The number of fused-ring (bicyclic) bond motifs is 1. The zero-order chi connectivity index (χ0) is 13.5. The van der Waals surface area contributed by atoms with Gasteiger partial charge in [0.25, 0.3) is 0 Å². The SMILES string of the molecule is COC(=O)C(O)C1=Cc2cc(C)ccc2S1(=O)=O. The number of sulfone groups is 1. The Labute approximate surface area is 105 Å². The predicted molar refractivity (Wildman–Crippen MR) is 64.4 cm³/mol. The van der Waals surface area contributed by atoms with Crippen LogP contribution in [0.15, 0.2) is 28.0 Å². The van der Waals surface area contributed by atoms with E-state index in [-0.39, 0.29) is 9.80 Å². The molecule has 96 valence electrons. The number of rotatable bonds is 2. The summed E-state index contributed by atoms with van der Waals surface area (Å²) in [5.74, 6) is -0.991. The van der Waals surface area contributed by atoms with Gasteiger partial charge in [-0.25, -0.2) is 13.2 Å². The monoisotopic (exact) mass is 268 g/mol. The molecule has 0 aliphatic carbocycles. The van der Waals surface area contributed by atoms with E-state index in [4.69, 9.17) is 0 Å². The van der Waals surface area contributed by atoms with Crippen LogP contribution >= 0.6 is 0 Å². The number of benzene rings is 1. The number of ether oxygens (including phenoxy) is 1. The quantitative estimate of drug-likeness (QED) is 0.797. The third kappa shape index (κ3) is 1.83. The third-order valence-corrected chi connectivity index (χ3v) is 4.67. The minimum Gasteiger partial charge on any atom is -0.467 e. The summed E-state index contributed by atoms with van der Waals surface area (Å²) in [5, 5.41) is 9.67. The maximum absolute atomic E-state index is 12.1. The van der Waals surface area contributed by atoms with Gasteiger partial charge in [-0.05, 0) is 24.6 Å². The lowest BCUT2D eigenvalue weighted by atomic mass is 10.1. The maximum Gasteiger partial charge on any atom is 0.340 e. The molecule has 0 saturated heterocycles. The Morgan fingerprint density at radius 3 is 2.67 bits per heavy atom. The number of aliphatic hydroxyl groups is 1. The maximum atomic E-state index is 12.1. The van der Waals surface area contributed by atoms with E-state index in [9.17, 15) is 18.3 Å². The first-order chi connectivity index (χ1) is 8.37. The van der Waals surface area contributed by atoms with E-state index in [1.165, 1.54) is 12.1 Å². The van der Waals surface area contributed by atoms with E-state index < -0.39 is 21.9 Å². The second kappa shape index (κ2) is 4.22. The molecule has 0 amide bonds. The van der Waals surface area contributed by atoms with Crippen molar-refractivity contribution in [1.82, 2.24) is 0 Å². The molecule has 18 heavy (non-hydrogen) atoms. The van der Waals surface area contributed by atoms with Gasteiger partial charge in [0.1, 0.15) is 0 Å². The molecule has 1 aliphatic heterocycles. The Morgan fingerprint density at radius 1 is 1.39 bits per heavy atom. The molecule has 0 bridgehead atoms. The van der Waals surface area contributed by atoms with Crippen molar-refractivity contribution in [2.45, 2.75) is 17.9 Å². The van der Waals surface area contributed by atoms with Gasteiger partial charge < -0.3 is 9.84 Å². The summed E-state index contributed by atoms with van der Waals surface area (Å²) >= 11 is 0. The topological polar surface area (TPSA) is 80.7 Å². The molecule has 1 aliphatic rings. The molecule has 5 nitrogen and oxygen atoms in total. The molecular weight excluding hydrogens is 256 g/mol. The smallest absolute Gasteiger partial charge is 0.340 e. The molecule has 1 N–H and O–H groups in total. The van der Waals surface area contributed by atoms with E-state index in [0.717, 1.165) is 12.7 Å². The van der Waals surface area contributed by atoms with Crippen molar-refractivity contribution in [2.75, 3.05) is 7.11 Å². The van der Waals surface area contributed by atoms with Crippen molar-refractivity contribution in [3.05, 3.63) is 34.2 Å². The number of methoxy groups -OCH3 is 1. The Kier molecular flexibility index (Phi) is 3.00. The molecule has 0 aromatic heterocycles. The van der Waals surface area contributed by atoms with Crippen LogP contribution < -0.4 is 0 Å². The van der Waals surface area contributed by atoms with Crippen LogP contribution in [0.2, 0.25) is 0 Å².